The van der Waals surface area contributed by atoms with Crippen LogP contribution in [0.2, 0.25) is 0 Å². The van der Waals surface area contributed by atoms with E-state index in [2.05, 4.69) is 29.1 Å². The van der Waals surface area contributed by atoms with E-state index in [1.54, 1.807) is 18.2 Å². The van der Waals surface area contributed by atoms with Crippen LogP contribution in [0.1, 0.15) is 45.6 Å². The number of hydrogen-bond donors (Lipinski definition) is 2. The lowest BCUT2D eigenvalue weighted by Gasteiger charge is -2.18. The molecule has 6 heteroatoms. The van der Waals surface area contributed by atoms with Gasteiger partial charge in [-0.2, -0.15) is 0 Å². The van der Waals surface area contributed by atoms with Gasteiger partial charge in [0.05, 0.1) is 12.3 Å². The van der Waals surface area contributed by atoms with Gasteiger partial charge in [-0.1, -0.05) is 18.2 Å². The highest BCUT2D eigenvalue weighted by molar-refractivity contribution is 7.92. The third-order valence-electron chi connectivity index (χ3n) is 4.12. The first kappa shape index (κ1) is 19.0. The maximum absolute atomic E-state index is 12.5. The Kier molecular flexibility index (Phi) is 5.52. The van der Waals surface area contributed by atoms with Crippen LogP contribution in [0.15, 0.2) is 36.4 Å². The molecule has 0 saturated carbocycles. The third-order valence-corrected chi connectivity index (χ3v) is 4.73. The number of sulfonamides is 1. The van der Waals surface area contributed by atoms with Crippen molar-refractivity contribution in [2.45, 2.75) is 33.7 Å². The van der Waals surface area contributed by atoms with E-state index in [1.165, 1.54) is 17.2 Å². The molecule has 0 saturated heterocycles. The van der Waals surface area contributed by atoms with Gasteiger partial charge >= 0.3 is 0 Å². The molecule has 134 valence electrons. The van der Waals surface area contributed by atoms with E-state index in [1.807, 2.05) is 20.8 Å². The zero-order chi connectivity index (χ0) is 18.8. The molecule has 0 aliphatic rings. The van der Waals surface area contributed by atoms with Gasteiger partial charge in [-0.3, -0.25) is 9.52 Å². The summed E-state index contributed by atoms with van der Waals surface area (Å²) in [6.07, 6.45) is 1.07. The van der Waals surface area contributed by atoms with Gasteiger partial charge in [0.25, 0.3) is 5.91 Å². The number of hydrogen-bond acceptors (Lipinski definition) is 3. The van der Waals surface area contributed by atoms with Crippen LogP contribution < -0.4 is 10.0 Å². The van der Waals surface area contributed by atoms with Crippen molar-refractivity contribution < 1.29 is 13.2 Å². The number of anilines is 1. The quantitative estimate of drug-likeness (QED) is 0.857. The second kappa shape index (κ2) is 7.27. The number of carbonyl (C=O) groups is 1. The van der Waals surface area contributed by atoms with Gasteiger partial charge < -0.3 is 5.32 Å². The fourth-order valence-electron chi connectivity index (χ4n) is 2.75. The van der Waals surface area contributed by atoms with E-state index >= 15 is 0 Å². The van der Waals surface area contributed by atoms with Crippen LogP contribution in [-0.2, 0) is 10.0 Å². The topological polar surface area (TPSA) is 75.3 Å². The SMILES string of the molecule is Cc1cc(C)c(C(C)NC(=O)c2cccc(NS(C)(=O)=O)c2)cc1C. The van der Waals surface area contributed by atoms with Gasteiger partial charge in [0, 0.05) is 11.3 Å². The molecule has 1 amide bonds. The van der Waals surface area contributed by atoms with Crippen LogP contribution in [0.4, 0.5) is 5.69 Å². The molecule has 2 aromatic carbocycles. The van der Waals surface area contributed by atoms with Crippen molar-refractivity contribution in [1.82, 2.24) is 5.32 Å². The van der Waals surface area contributed by atoms with Crippen LogP contribution in [0.5, 0.6) is 0 Å². The highest BCUT2D eigenvalue weighted by Crippen LogP contribution is 2.22. The highest BCUT2D eigenvalue weighted by Gasteiger charge is 2.15. The third kappa shape index (κ3) is 5.06. The molecule has 0 heterocycles. The second-order valence-corrected chi connectivity index (χ2v) is 8.19. The predicted octanol–water partition coefficient (Wildman–Crippen LogP) is 3.47. The molecule has 0 aromatic heterocycles. The molecule has 0 spiro atoms. The molecule has 25 heavy (non-hydrogen) atoms. The van der Waals surface area contributed by atoms with Crippen molar-refractivity contribution in [1.29, 1.82) is 0 Å². The van der Waals surface area contributed by atoms with Gasteiger partial charge in [0.2, 0.25) is 10.0 Å². The Morgan fingerprint density at radius 1 is 1.00 bits per heavy atom. The van der Waals surface area contributed by atoms with Gasteiger partial charge in [-0.25, -0.2) is 8.42 Å². The Balaban J connectivity index is 2.19. The summed E-state index contributed by atoms with van der Waals surface area (Å²) in [5.41, 5.74) is 5.37. The second-order valence-electron chi connectivity index (χ2n) is 6.44. The summed E-state index contributed by atoms with van der Waals surface area (Å²) in [4.78, 5) is 12.5. The van der Waals surface area contributed by atoms with Crippen molar-refractivity contribution >= 4 is 21.6 Å². The minimum absolute atomic E-state index is 0.154. The zero-order valence-corrected chi connectivity index (χ0v) is 16.0. The summed E-state index contributed by atoms with van der Waals surface area (Å²) in [6, 6.07) is 10.5. The van der Waals surface area contributed by atoms with E-state index < -0.39 is 10.0 Å². The summed E-state index contributed by atoms with van der Waals surface area (Å²) < 4.78 is 25.0. The van der Waals surface area contributed by atoms with Crippen molar-refractivity contribution in [3.63, 3.8) is 0 Å². The fraction of sp³-hybridized carbons (Fsp3) is 0.316. The summed E-state index contributed by atoms with van der Waals surface area (Å²) >= 11 is 0. The van der Waals surface area contributed by atoms with Crippen LogP contribution in [0, 0.1) is 20.8 Å². The van der Waals surface area contributed by atoms with E-state index in [9.17, 15) is 13.2 Å². The summed E-state index contributed by atoms with van der Waals surface area (Å²) in [7, 11) is -3.38. The summed E-state index contributed by atoms with van der Waals surface area (Å²) in [6.45, 7) is 8.08. The van der Waals surface area contributed by atoms with Crippen LogP contribution in [0.25, 0.3) is 0 Å². The number of aryl methyl sites for hydroxylation is 3. The fourth-order valence-corrected chi connectivity index (χ4v) is 3.30. The average Bonchev–Trinajstić information content (AvgIpc) is 2.49. The normalized spacial score (nSPS) is 12.5. The molecular weight excluding hydrogens is 336 g/mol. The van der Waals surface area contributed by atoms with E-state index in [4.69, 9.17) is 0 Å². The Bertz CT molecular complexity index is 905. The molecule has 0 radical (unpaired) electrons. The van der Waals surface area contributed by atoms with Crippen LogP contribution >= 0.6 is 0 Å². The lowest BCUT2D eigenvalue weighted by atomic mass is 9.96. The Morgan fingerprint density at radius 3 is 2.28 bits per heavy atom. The van der Waals surface area contributed by atoms with E-state index in [0.29, 0.717) is 11.3 Å². The zero-order valence-electron chi connectivity index (χ0n) is 15.2. The average molecular weight is 360 g/mol. The lowest BCUT2D eigenvalue weighted by Crippen LogP contribution is -2.27. The van der Waals surface area contributed by atoms with Crippen molar-refractivity contribution in [3.8, 4) is 0 Å². The number of carbonyl (C=O) groups excluding carboxylic acids is 1. The minimum atomic E-state index is -3.38. The molecule has 1 unspecified atom stereocenters. The van der Waals surface area contributed by atoms with Crippen molar-refractivity contribution in [3.05, 3.63) is 64.2 Å². The largest absolute Gasteiger partial charge is 0.346 e. The van der Waals surface area contributed by atoms with Crippen molar-refractivity contribution in [2.75, 3.05) is 11.0 Å². The predicted molar refractivity (Wildman–Crippen MR) is 101 cm³/mol. The van der Waals surface area contributed by atoms with Gasteiger partial charge in [-0.15, -0.1) is 0 Å². The number of rotatable bonds is 5. The molecule has 2 N–H and O–H groups in total. The first-order valence-electron chi connectivity index (χ1n) is 8.03. The number of amides is 1. The van der Waals surface area contributed by atoms with Crippen molar-refractivity contribution in [2.24, 2.45) is 0 Å². The molecular formula is C19H24N2O3S. The molecule has 0 fully saturated rings. The van der Waals surface area contributed by atoms with Crippen LogP contribution in [-0.4, -0.2) is 20.6 Å². The Labute approximate surface area is 149 Å². The minimum Gasteiger partial charge on any atom is -0.346 e. The first-order chi connectivity index (χ1) is 11.6. The van der Waals surface area contributed by atoms with Gasteiger partial charge in [-0.05, 0) is 68.1 Å². The van der Waals surface area contributed by atoms with Gasteiger partial charge in [0.15, 0.2) is 0 Å². The highest BCUT2D eigenvalue weighted by atomic mass is 32.2. The summed E-state index contributed by atoms with van der Waals surface area (Å²) in [5.74, 6) is -0.248. The lowest BCUT2D eigenvalue weighted by molar-refractivity contribution is 0.0940. The summed E-state index contributed by atoms with van der Waals surface area (Å²) in [5, 5.41) is 2.97. The molecule has 2 rings (SSSR count). The molecule has 0 aliphatic heterocycles. The first-order valence-corrected chi connectivity index (χ1v) is 9.92. The van der Waals surface area contributed by atoms with E-state index in [-0.39, 0.29) is 11.9 Å². The Hall–Kier alpha value is -2.34. The molecule has 5 nitrogen and oxygen atoms in total. The maximum Gasteiger partial charge on any atom is 0.251 e. The number of nitrogens with one attached hydrogen (secondary N) is 2. The Morgan fingerprint density at radius 2 is 1.64 bits per heavy atom. The monoisotopic (exact) mass is 360 g/mol. The molecule has 2 aromatic rings. The smallest absolute Gasteiger partial charge is 0.251 e. The molecule has 0 aliphatic carbocycles. The van der Waals surface area contributed by atoms with Crippen LogP contribution in [0.3, 0.4) is 0 Å². The molecule has 1 atom stereocenters. The van der Waals surface area contributed by atoms with Gasteiger partial charge in [0.1, 0.15) is 0 Å². The van der Waals surface area contributed by atoms with E-state index in [0.717, 1.165) is 17.4 Å². The molecule has 0 bridgehead atoms. The maximum atomic E-state index is 12.5. The standard InChI is InChI=1S/C19H24N2O3S/c1-12-9-14(3)18(10-13(12)2)15(4)20-19(22)16-7-6-8-17(11-16)21-25(5,23)24/h6-11,15,21H,1-5H3,(H,20,22). The number of benzene rings is 2.